The van der Waals surface area contributed by atoms with E-state index in [0.717, 1.165) is 57.0 Å². The van der Waals surface area contributed by atoms with Gasteiger partial charge in [0.1, 0.15) is 5.75 Å². The number of hydrogen-bond donors (Lipinski definition) is 2. The van der Waals surface area contributed by atoms with Gasteiger partial charge < -0.3 is 25.0 Å². The van der Waals surface area contributed by atoms with Crippen molar-refractivity contribution >= 4 is 29.9 Å². The average molecular weight is 518 g/mol. The van der Waals surface area contributed by atoms with Crippen molar-refractivity contribution in [1.82, 2.24) is 15.5 Å². The van der Waals surface area contributed by atoms with Crippen LogP contribution in [0, 0.1) is 0 Å². The van der Waals surface area contributed by atoms with E-state index in [1.165, 1.54) is 31.2 Å². The van der Waals surface area contributed by atoms with Gasteiger partial charge in [0.05, 0.1) is 13.7 Å². The number of rotatable bonds is 12. The van der Waals surface area contributed by atoms with Crippen LogP contribution in [0.15, 0.2) is 29.3 Å². The van der Waals surface area contributed by atoms with E-state index in [2.05, 4.69) is 34.7 Å². The number of likely N-dealkylation sites (N-methyl/N-ethyl adjacent to an activating group) is 1. The lowest BCUT2D eigenvalue weighted by Crippen LogP contribution is -2.43. The van der Waals surface area contributed by atoms with Crippen LogP contribution in [-0.2, 0) is 11.3 Å². The third-order valence-corrected chi connectivity index (χ3v) is 5.25. The summed E-state index contributed by atoms with van der Waals surface area (Å²) in [5.74, 6) is 1.74. The van der Waals surface area contributed by atoms with E-state index in [4.69, 9.17) is 14.5 Å². The first-order valence-corrected chi connectivity index (χ1v) is 10.7. The molecule has 6 nitrogen and oxygen atoms in total. The normalized spacial score (nSPS) is 14.7. The molecule has 29 heavy (non-hydrogen) atoms. The Morgan fingerprint density at radius 1 is 1.14 bits per heavy atom. The number of halogens is 1. The van der Waals surface area contributed by atoms with Crippen LogP contribution in [0.1, 0.15) is 44.6 Å². The molecule has 2 N–H and O–H groups in total. The predicted octanol–water partition coefficient (Wildman–Crippen LogP) is 3.65. The van der Waals surface area contributed by atoms with Crippen molar-refractivity contribution < 1.29 is 9.47 Å². The van der Waals surface area contributed by atoms with Gasteiger partial charge in [-0.05, 0) is 50.9 Å². The van der Waals surface area contributed by atoms with Crippen LogP contribution in [0.2, 0.25) is 0 Å². The summed E-state index contributed by atoms with van der Waals surface area (Å²) in [6.45, 7) is 7.00. The topological polar surface area (TPSA) is 58.1 Å². The Balaban J connectivity index is 0.00000420. The molecule has 166 valence electrons. The number of hydrogen-bond acceptors (Lipinski definition) is 4. The highest BCUT2D eigenvalue weighted by Crippen LogP contribution is 2.21. The zero-order valence-corrected chi connectivity index (χ0v) is 20.6. The molecule has 0 heterocycles. The number of nitrogens with zero attached hydrogens (tertiary/aromatic N) is 2. The van der Waals surface area contributed by atoms with E-state index in [0.29, 0.717) is 6.54 Å². The number of benzene rings is 1. The average Bonchev–Trinajstić information content (AvgIpc) is 3.26. The van der Waals surface area contributed by atoms with Crippen molar-refractivity contribution in [2.75, 3.05) is 47.0 Å². The van der Waals surface area contributed by atoms with E-state index < -0.39 is 0 Å². The van der Waals surface area contributed by atoms with E-state index in [-0.39, 0.29) is 24.0 Å². The maximum absolute atomic E-state index is 5.42. The summed E-state index contributed by atoms with van der Waals surface area (Å²) < 4.78 is 10.6. The number of methoxy groups -OCH3 is 1. The fourth-order valence-corrected chi connectivity index (χ4v) is 3.48. The monoisotopic (exact) mass is 518 g/mol. The third kappa shape index (κ3) is 10.5. The molecule has 0 aromatic heterocycles. The van der Waals surface area contributed by atoms with Crippen molar-refractivity contribution in [2.45, 2.75) is 51.6 Å². The van der Waals surface area contributed by atoms with E-state index in [9.17, 15) is 0 Å². The summed E-state index contributed by atoms with van der Waals surface area (Å²) in [7, 11) is 3.92. The van der Waals surface area contributed by atoms with E-state index in [1.807, 2.05) is 19.1 Å². The Labute approximate surface area is 193 Å². The van der Waals surface area contributed by atoms with Gasteiger partial charge in [0, 0.05) is 38.9 Å². The summed E-state index contributed by atoms with van der Waals surface area (Å²) in [5.41, 5.74) is 1.17. The number of ether oxygens (including phenoxy) is 2. The van der Waals surface area contributed by atoms with Gasteiger partial charge in [0.2, 0.25) is 0 Å². The van der Waals surface area contributed by atoms with Gasteiger partial charge >= 0.3 is 0 Å². The predicted molar refractivity (Wildman–Crippen MR) is 132 cm³/mol. The van der Waals surface area contributed by atoms with Gasteiger partial charge in [-0.15, -0.1) is 24.0 Å². The first-order chi connectivity index (χ1) is 13.7. The third-order valence-electron chi connectivity index (χ3n) is 5.25. The minimum atomic E-state index is 0. The zero-order chi connectivity index (χ0) is 20.0. The molecule has 0 radical (unpaired) electrons. The fourth-order valence-electron chi connectivity index (χ4n) is 3.48. The molecule has 1 saturated carbocycles. The van der Waals surface area contributed by atoms with Gasteiger partial charge in [0.25, 0.3) is 0 Å². The Morgan fingerprint density at radius 3 is 2.48 bits per heavy atom. The quantitative estimate of drug-likeness (QED) is 0.192. The Bertz CT molecular complexity index is 562. The van der Waals surface area contributed by atoms with Crippen LogP contribution in [0.3, 0.4) is 0 Å². The molecule has 7 heteroatoms. The highest BCUT2D eigenvalue weighted by Gasteiger charge is 2.18. The second kappa shape index (κ2) is 15.7. The molecule has 1 aromatic carbocycles. The molecule has 1 aliphatic carbocycles. The summed E-state index contributed by atoms with van der Waals surface area (Å²) in [5, 5.41) is 6.92. The smallest absolute Gasteiger partial charge is 0.191 e. The van der Waals surface area contributed by atoms with Gasteiger partial charge in [-0.25, -0.2) is 4.99 Å². The van der Waals surface area contributed by atoms with E-state index >= 15 is 0 Å². The maximum Gasteiger partial charge on any atom is 0.191 e. The molecule has 1 aliphatic rings. The van der Waals surface area contributed by atoms with Crippen molar-refractivity contribution in [3.8, 4) is 5.75 Å². The highest BCUT2D eigenvalue weighted by atomic mass is 127. The largest absolute Gasteiger partial charge is 0.497 e. The van der Waals surface area contributed by atoms with Gasteiger partial charge in [-0.2, -0.15) is 0 Å². The molecule has 0 aliphatic heterocycles. The molecule has 0 amide bonds. The molecular weight excluding hydrogens is 479 g/mol. The summed E-state index contributed by atoms with van der Waals surface area (Å²) in [4.78, 5) is 7.24. The highest BCUT2D eigenvalue weighted by molar-refractivity contribution is 14.0. The number of guanidine groups is 1. The second-order valence-corrected chi connectivity index (χ2v) is 7.34. The van der Waals surface area contributed by atoms with Gasteiger partial charge in [-0.1, -0.05) is 25.0 Å². The molecule has 0 atom stereocenters. The van der Waals surface area contributed by atoms with Crippen LogP contribution < -0.4 is 15.4 Å². The lowest BCUT2D eigenvalue weighted by Gasteiger charge is -2.24. The van der Waals surface area contributed by atoms with E-state index in [1.54, 1.807) is 7.11 Å². The summed E-state index contributed by atoms with van der Waals surface area (Å²) in [6.07, 6.45) is 6.39. The molecule has 0 spiro atoms. The lowest BCUT2D eigenvalue weighted by atomic mass is 10.2. The molecule has 0 unspecified atom stereocenters. The maximum atomic E-state index is 5.42. The van der Waals surface area contributed by atoms with Crippen LogP contribution in [-0.4, -0.2) is 63.9 Å². The standard InChI is InChI=1S/C22H38N4O2.HI/c1-4-28-17-7-14-23-22(24-15-16-26(2)20-8-5-6-9-20)25-18-19-10-12-21(27-3)13-11-19;/h10-13,20H,4-9,14-18H2,1-3H3,(H2,23,24,25);1H. The number of nitrogens with one attached hydrogen (secondary N) is 2. The Hall–Kier alpha value is -1.06. The first-order valence-electron chi connectivity index (χ1n) is 10.7. The van der Waals surface area contributed by atoms with Crippen molar-refractivity contribution in [3.05, 3.63) is 29.8 Å². The Kier molecular flexibility index (Phi) is 14.1. The Morgan fingerprint density at radius 2 is 1.83 bits per heavy atom. The first kappa shape index (κ1) is 26.0. The van der Waals surface area contributed by atoms with Crippen LogP contribution in [0.5, 0.6) is 5.75 Å². The van der Waals surface area contributed by atoms with Crippen molar-refractivity contribution in [3.63, 3.8) is 0 Å². The van der Waals surface area contributed by atoms with Crippen LogP contribution in [0.4, 0.5) is 0 Å². The number of aliphatic imine (C=N–C) groups is 1. The molecule has 1 aromatic rings. The van der Waals surface area contributed by atoms with Crippen molar-refractivity contribution in [2.24, 2.45) is 4.99 Å². The SMILES string of the molecule is CCOCCCNC(=NCc1ccc(OC)cc1)NCCN(C)C1CCCC1.I. The molecule has 0 bridgehead atoms. The minimum absolute atomic E-state index is 0. The molecule has 1 fully saturated rings. The second-order valence-electron chi connectivity index (χ2n) is 7.34. The van der Waals surface area contributed by atoms with Gasteiger partial charge in [-0.3, -0.25) is 0 Å². The molecule has 2 rings (SSSR count). The zero-order valence-electron chi connectivity index (χ0n) is 18.3. The van der Waals surface area contributed by atoms with Gasteiger partial charge in [0.15, 0.2) is 5.96 Å². The summed E-state index contributed by atoms with van der Waals surface area (Å²) >= 11 is 0. The van der Waals surface area contributed by atoms with Crippen molar-refractivity contribution in [1.29, 1.82) is 0 Å². The lowest BCUT2D eigenvalue weighted by molar-refractivity contribution is 0.145. The molecule has 0 saturated heterocycles. The summed E-state index contributed by atoms with van der Waals surface area (Å²) in [6, 6.07) is 8.82. The van der Waals surface area contributed by atoms with Crippen LogP contribution >= 0.6 is 24.0 Å². The van der Waals surface area contributed by atoms with Crippen LogP contribution in [0.25, 0.3) is 0 Å². The fraction of sp³-hybridized carbons (Fsp3) is 0.682. The molecular formula is C22H39IN4O2. The minimum Gasteiger partial charge on any atom is -0.497 e.